The molecule has 0 spiro atoms. The molecular formula is C13H28N2O2. The summed E-state index contributed by atoms with van der Waals surface area (Å²) in [6.45, 7) is 10.1. The van der Waals surface area contributed by atoms with Crippen molar-refractivity contribution in [3.05, 3.63) is 0 Å². The highest BCUT2D eigenvalue weighted by atomic mass is 16.5. The van der Waals surface area contributed by atoms with Gasteiger partial charge in [-0.05, 0) is 32.9 Å². The minimum absolute atomic E-state index is 0.185. The molecule has 102 valence electrons. The van der Waals surface area contributed by atoms with Gasteiger partial charge in [-0.3, -0.25) is 4.79 Å². The zero-order chi connectivity index (χ0) is 13.4. The number of ether oxygens (including phenoxy) is 1. The standard InChI is InChI=1S/C13H28N2O2/c1-7-14-12(13(16)17-6)9-15(5)11(4)8-10(2)3/h10-12,14H,7-9H2,1-6H3. The summed E-state index contributed by atoms with van der Waals surface area (Å²) in [7, 11) is 3.49. The van der Waals surface area contributed by atoms with Crippen molar-refractivity contribution in [2.45, 2.75) is 46.2 Å². The van der Waals surface area contributed by atoms with Crippen LogP contribution in [0.2, 0.25) is 0 Å². The molecule has 0 aromatic heterocycles. The van der Waals surface area contributed by atoms with Crippen molar-refractivity contribution >= 4 is 5.97 Å². The lowest BCUT2D eigenvalue weighted by atomic mass is 10.0. The highest BCUT2D eigenvalue weighted by molar-refractivity contribution is 5.75. The largest absolute Gasteiger partial charge is 0.468 e. The molecule has 0 saturated heterocycles. The zero-order valence-electron chi connectivity index (χ0n) is 12.1. The van der Waals surface area contributed by atoms with Crippen LogP contribution in [0, 0.1) is 5.92 Å². The maximum atomic E-state index is 11.6. The first kappa shape index (κ1) is 16.4. The summed E-state index contributed by atoms with van der Waals surface area (Å²) in [5, 5.41) is 3.16. The Balaban J connectivity index is 4.28. The summed E-state index contributed by atoms with van der Waals surface area (Å²) in [6.07, 6.45) is 1.14. The van der Waals surface area contributed by atoms with Crippen LogP contribution in [0.15, 0.2) is 0 Å². The van der Waals surface area contributed by atoms with E-state index < -0.39 is 0 Å². The summed E-state index contributed by atoms with van der Waals surface area (Å²) < 4.78 is 4.80. The molecule has 0 rings (SSSR count). The molecule has 4 heteroatoms. The lowest BCUT2D eigenvalue weighted by molar-refractivity contribution is -0.143. The van der Waals surface area contributed by atoms with Crippen LogP contribution in [-0.4, -0.2) is 50.2 Å². The van der Waals surface area contributed by atoms with Gasteiger partial charge in [0, 0.05) is 12.6 Å². The van der Waals surface area contributed by atoms with Gasteiger partial charge in [0.05, 0.1) is 7.11 Å². The van der Waals surface area contributed by atoms with E-state index in [1.807, 2.05) is 6.92 Å². The molecule has 0 aromatic rings. The van der Waals surface area contributed by atoms with Gasteiger partial charge in [0.25, 0.3) is 0 Å². The molecular weight excluding hydrogens is 216 g/mol. The second-order valence-corrected chi connectivity index (χ2v) is 5.05. The van der Waals surface area contributed by atoms with Crippen molar-refractivity contribution in [1.29, 1.82) is 0 Å². The van der Waals surface area contributed by atoms with Gasteiger partial charge in [0.15, 0.2) is 0 Å². The molecule has 0 saturated carbocycles. The van der Waals surface area contributed by atoms with Gasteiger partial charge in [0.2, 0.25) is 0 Å². The molecule has 2 atom stereocenters. The third kappa shape index (κ3) is 6.64. The molecule has 0 bridgehead atoms. The minimum Gasteiger partial charge on any atom is -0.468 e. The van der Waals surface area contributed by atoms with Gasteiger partial charge >= 0.3 is 5.97 Å². The van der Waals surface area contributed by atoms with E-state index >= 15 is 0 Å². The van der Waals surface area contributed by atoms with Crippen LogP contribution in [0.1, 0.15) is 34.1 Å². The summed E-state index contributed by atoms with van der Waals surface area (Å²) in [5.74, 6) is 0.485. The summed E-state index contributed by atoms with van der Waals surface area (Å²) in [5.41, 5.74) is 0. The number of esters is 1. The fourth-order valence-electron chi connectivity index (χ4n) is 1.94. The number of methoxy groups -OCH3 is 1. The molecule has 17 heavy (non-hydrogen) atoms. The quantitative estimate of drug-likeness (QED) is 0.657. The van der Waals surface area contributed by atoms with Crippen molar-refractivity contribution in [3.63, 3.8) is 0 Å². The first-order valence-corrected chi connectivity index (χ1v) is 6.43. The first-order valence-electron chi connectivity index (χ1n) is 6.43. The van der Waals surface area contributed by atoms with Crippen LogP contribution >= 0.6 is 0 Å². The Hall–Kier alpha value is -0.610. The van der Waals surface area contributed by atoms with E-state index in [4.69, 9.17) is 4.74 Å². The molecule has 0 aliphatic rings. The van der Waals surface area contributed by atoms with Gasteiger partial charge < -0.3 is 15.0 Å². The van der Waals surface area contributed by atoms with Crippen molar-refractivity contribution in [2.75, 3.05) is 27.2 Å². The number of rotatable bonds is 8. The van der Waals surface area contributed by atoms with E-state index in [2.05, 4.69) is 38.0 Å². The lowest BCUT2D eigenvalue weighted by Crippen LogP contribution is -2.47. The number of nitrogens with one attached hydrogen (secondary N) is 1. The van der Waals surface area contributed by atoms with Crippen molar-refractivity contribution < 1.29 is 9.53 Å². The first-order chi connectivity index (χ1) is 7.92. The number of likely N-dealkylation sites (N-methyl/N-ethyl adjacent to an activating group) is 2. The van der Waals surface area contributed by atoms with Gasteiger partial charge in [-0.15, -0.1) is 0 Å². The predicted molar refractivity (Wildman–Crippen MR) is 71.0 cm³/mol. The smallest absolute Gasteiger partial charge is 0.324 e. The second-order valence-electron chi connectivity index (χ2n) is 5.05. The maximum absolute atomic E-state index is 11.6. The molecule has 0 aliphatic carbocycles. The van der Waals surface area contributed by atoms with Crippen molar-refractivity contribution in [2.24, 2.45) is 5.92 Å². The number of nitrogens with zero attached hydrogens (tertiary/aromatic N) is 1. The average Bonchev–Trinajstić information content (AvgIpc) is 2.26. The number of hydrogen-bond acceptors (Lipinski definition) is 4. The molecule has 0 aliphatic heterocycles. The Morgan fingerprint density at radius 2 is 1.94 bits per heavy atom. The number of carbonyl (C=O) groups excluding carboxylic acids is 1. The van der Waals surface area contributed by atoms with E-state index in [1.165, 1.54) is 7.11 Å². The van der Waals surface area contributed by atoms with Crippen LogP contribution < -0.4 is 5.32 Å². The number of hydrogen-bond donors (Lipinski definition) is 1. The van der Waals surface area contributed by atoms with Crippen molar-refractivity contribution in [3.8, 4) is 0 Å². The highest BCUT2D eigenvalue weighted by Crippen LogP contribution is 2.10. The van der Waals surface area contributed by atoms with E-state index in [1.54, 1.807) is 0 Å². The Morgan fingerprint density at radius 3 is 2.35 bits per heavy atom. The monoisotopic (exact) mass is 244 g/mol. The van der Waals surface area contributed by atoms with E-state index in [0.29, 0.717) is 18.5 Å². The molecule has 0 amide bonds. The summed E-state index contributed by atoms with van der Waals surface area (Å²) >= 11 is 0. The Labute approximate surface area is 106 Å². The molecule has 0 fully saturated rings. The van der Waals surface area contributed by atoms with Gasteiger partial charge in [-0.25, -0.2) is 0 Å². The average molecular weight is 244 g/mol. The maximum Gasteiger partial charge on any atom is 0.324 e. The minimum atomic E-state index is -0.232. The van der Waals surface area contributed by atoms with Gasteiger partial charge in [-0.2, -0.15) is 0 Å². The summed E-state index contributed by atoms with van der Waals surface area (Å²) in [6, 6.07) is 0.241. The van der Waals surface area contributed by atoms with Crippen LogP contribution in [0.3, 0.4) is 0 Å². The van der Waals surface area contributed by atoms with E-state index in [0.717, 1.165) is 13.0 Å². The topological polar surface area (TPSA) is 41.6 Å². The highest BCUT2D eigenvalue weighted by Gasteiger charge is 2.22. The fraction of sp³-hybridized carbons (Fsp3) is 0.923. The molecule has 4 nitrogen and oxygen atoms in total. The molecule has 0 heterocycles. The van der Waals surface area contributed by atoms with E-state index in [-0.39, 0.29) is 12.0 Å². The van der Waals surface area contributed by atoms with Crippen LogP contribution in [0.4, 0.5) is 0 Å². The summed E-state index contributed by atoms with van der Waals surface area (Å²) in [4.78, 5) is 13.8. The Bertz CT molecular complexity index is 219. The van der Waals surface area contributed by atoms with Gasteiger partial charge in [0.1, 0.15) is 6.04 Å². The second kappa shape index (κ2) is 8.48. The van der Waals surface area contributed by atoms with Gasteiger partial charge in [-0.1, -0.05) is 20.8 Å². The third-order valence-corrected chi connectivity index (χ3v) is 2.97. The molecule has 1 N–H and O–H groups in total. The third-order valence-electron chi connectivity index (χ3n) is 2.97. The Kier molecular flexibility index (Phi) is 8.17. The Morgan fingerprint density at radius 1 is 1.35 bits per heavy atom. The van der Waals surface area contributed by atoms with Crippen molar-refractivity contribution in [1.82, 2.24) is 10.2 Å². The fourth-order valence-corrected chi connectivity index (χ4v) is 1.94. The lowest BCUT2D eigenvalue weighted by Gasteiger charge is -2.29. The van der Waals surface area contributed by atoms with E-state index in [9.17, 15) is 4.79 Å². The number of carbonyl (C=O) groups is 1. The molecule has 2 unspecified atom stereocenters. The van der Waals surface area contributed by atoms with Crippen LogP contribution in [0.25, 0.3) is 0 Å². The molecule has 0 radical (unpaired) electrons. The zero-order valence-corrected chi connectivity index (χ0v) is 12.1. The SMILES string of the molecule is CCNC(CN(C)C(C)CC(C)C)C(=O)OC. The normalized spacial score (nSPS) is 15.1. The van der Waals surface area contributed by atoms with Crippen LogP contribution in [-0.2, 0) is 9.53 Å². The predicted octanol–water partition coefficient (Wildman–Crippen LogP) is 1.50. The molecule has 0 aromatic carbocycles. The van der Waals surface area contributed by atoms with Crippen LogP contribution in [0.5, 0.6) is 0 Å².